The normalized spacial score (nSPS) is 17.4. The fourth-order valence-corrected chi connectivity index (χ4v) is 5.84. The predicted molar refractivity (Wildman–Crippen MR) is 153 cm³/mol. The number of aromatic amines is 1. The molecule has 0 saturated carbocycles. The Kier molecular flexibility index (Phi) is 6.86. The number of aryl methyl sites for hydroxylation is 1. The van der Waals surface area contributed by atoms with Gasteiger partial charge < -0.3 is 9.72 Å². The molecule has 5 aromatic rings. The zero-order valence-electron chi connectivity index (χ0n) is 21.7. The quantitative estimate of drug-likeness (QED) is 0.244. The number of hydrogen-bond donors (Lipinski definition) is 1. The molecule has 192 valence electrons. The Bertz CT molecular complexity index is 1580. The number of rotatable bonds is 5. The first-order valence-electron chi connectivity index (χ1n) is 13.3. The Balaban J connectivity index is 1.25. The van der Waals surface area contributed by atoms with Gasteiger partial charge in [-0.05, 0) is 84.5 Å². The molecule has 1 aliphatic heterocycles. The van der Waals surface area contributed by atoms with Crippen LogP contribution in [0.4, 0.5) is 0 Å². The minimum Gasteiger partial charge on any atom is -0.493 e. The lowest BCUT2D eigenvalue weighted by atomic mass is 9.81. The third kappa shape index (κ3) is 5.16. The van der Waals surface area contributed by atoms with Crippen LogP contribution in [0.2, 0.25) is 5.15 Å². The second-order valence-corrected chi connectivity index (χ2v) is 10.8. The Morgan fingerprint density at radius 3 is 2.68 bits per heavy atom. The lowest BCUT2D eigenvalue weighted by molar-refractivity contribution is 0.220. The standard InChI is InChI=1S/C32H31ClN4O/c1-20-14-26-16-24(25-8-10-28-30(18-25)37-21(2)36-28)9-11-31(26)38-13-12-23(20)17-29-27(32(33)35-19-34-29)15-22-6-4-3-5-7-22/h3-11,16,18-20,23H,12-15,17H2,1-2H3,(H,36,37). The van der Waals surface area contributed by atoms with Crippen LogP contribution >= 0.6 is 11.6 Å². The Morgan fingerprint density at radius 2 is 1.82 bits per heavy atom. The second kappa shape index (κ2) is 10.6. The van der Waals surface area contributed by atoms with E-state index in [4.69, 9.17) is 21.3 Å². The van der Waals surface area contributed by atoms with Gasteiger partial charge in [0, 0.05) is 17.7 Å². The van der Waals surface area contributed by atoms with Gasteiger partial charge in [0.15, 0.2) is 0 Å². The number of halogens is 1. The van der Waals surface area contributed by atoms with Gasteiger partial charge in [-0.25, -0.2) is 15.0 Å². The molecule has 0 saturated heterocycles. The topological polar surface area (TPSA) is 63.7 Å². The number of nitrogens with one attached hydrogen (secondary N) is 1. The molecule has 5 nitrogen and oxygen atoms in total. The van der Waals surface area contributed by atoms with Gasteiger partial charge in [-0.15, -0.1) is 0 Å². The van der Waals surface area contributed by atoms with E-state index in [0.29, 0.717) is 23.6 Å². The molecule has 0 aliphatic carbocycles. The first-order valence-corrected chi connectivity index (χ1v) is 13.7. The molecule has 2 aromatic heterocycles. The van der Waals surface area contributed by atoms with Gasteiger partial charge in [0.25, 0.3) is 0 Å². The van der Waals surface area contributed by atoms with E-state index >= 15 is 0 Å². The summed E-state index contributed by atoms with van der Waals surface area (Å²) in [6.45, 7) is 5.03. The molecule has 2 atom stereocenters. The highest BCUT2D eigenvalue weighted by Crippen LogP contribution is 2.35. The van der Waals surface area contributed by atoms with Gasteiger partial charge in [-0.3, -0.25) is 0 Å². The molecule has 38 heavy (non-hydrogen) atoms. The number of fused-ring (bicyclic) bond motifs is 2. The maximum absolute atomic E-state index is 6.59. The molecule has 6 rings (SSSR count). The Morgan fingerprint density at radius 1 is 1.00 bits per heavy atom. The van der Waals surface area contributed by atoms with E-state index in [2.05, 4.69) is 82.5 Å². The number of benzene rings is 3. The van der Waals surface area contributed by atoms with Crippen molar-refractivity contribution in [1.82, 2.24) is 19.9 Å². The van der Waals surface area contributed by atoms with Crippen molar-refractivity contribution in [3.63, 3.8) is 0 Å². The molecule has 2 unspecified atom stereocenters. The average Bonchev–Trinajstić information content (AvgIpc) is 3.29. The fourth-order valence-electron chi connectivity index (χ4n) is 5.62. The minimum absolute atomic E-state index is 0.427. The minimum atomic E-state index is 0.427. The summed E-state index contributed by atoms with van der Waals surface area (Å²) >= 11 is 6.59. The average molecular weight is 523 g/mol. The molecule has 3 aromatic carbocycles. The van der Waals surface area contributed by atoms with Gasteiger partial charge in [0.2, 0.25) is 0 Å². The van der Waals surface area contributed by atoms with Crippen LogP contribution < -0.4 is 4.74 Å². The third-order valence-electron chi connectivity index (χ3n) is 7.75. The summed E-state index contributed by atoms with van der Waals surface area (Å²) in [7, 11) is 0. The monoisotopic (exact) mass is 522 g/mol. The van der Waals surface area contributed by atoms with Crippen molar-refractivity contribution in [3.8, 4) is 16.9 Å². The fraction of sp³-hybridized carbons (Fsp3) is 0.281. The molecule has 6 heteroatoms. The van der Waals surface area contributed by atoms with Crippen LogP contribution in [0.15, 0.2) is 73.1 Å². The van der Waals surface area contributed by atoms with Crippen molar-refractivity contribution in [2.75, 3.05) is 6.61 Å². The van der Waals surface area contributed by atoms with Crippen LogP contribution in [0, 0.1) is 18.8 Å². The lowest BCUT2D eigenvalue weighted by Crippen LogP contribution is -2.23. The smallest absolute Gasteiger partial charge is 0.136 e. The predicted octanol–water partition coefficient (Wildman–Crippen LogP) is 7.39. The molecular weight excluding hydrogens is 492 g/mol. The van der Waals surface area contributed by atoms with Crippen LogP contribution in [-0.4, -0.2) is 26.5 Å². The maximum atomic E-state index is 6.59. The van der Waals surface area contributed by atoms with E-state index in [9.17, 15) is 0 Å². The number of aromatic nitrogens is 4. The summed E-state index contributed by atoms with van der Waals surface area (Å²) in [6, 6.07) is 23.4. The van der Waals surface area contributed by atoms with Crippen molar-refractivity contribution in [1.29, 1.82) is 0 Å². The third-order valence-corrected chi connectivity index (χ3v) is 8.07. The largest absolute Gasteiger partial charge is 0.493 e. The van der Waals surface area contributed by atoms with Crippen LogP contribution in [0.5, 0.6) is 5.75 Å². The molecule has 0 amide bonds. The van der Waals surface area contributed by atoms with E-state index in [1.807, 2.05) is 13.0 Å². The Hall–Kier alpha value is -3.70. The highest BCUT2D eigenvalue weighted by Gasteiger charge is 2.25. The van der Waals surface area contributed by atoms with E-state index < -0.39 is 0 Å². The van der Waals surface area contributed by atoms with Crippen LogP contribution in [-0.2, 0) is 19.3 Å². The zero-order valence-corrected chi connectivity index (χ0v) is 22.5. The van der Waals surface area contributed by atoms with Crippen LogP contribution in [0.3, 0.4) is 0 Å². The van der Waals surface area contributed by atoms with Crippen molar-refractivity contribution in [2.45, 2.75) is 39.5 Å². The van der Waals surface area contributed by atoms with Crippen LogP contribution in [0.1, 0.15) is 41.6 Å². The summed E-state index contributed by atoms with van der Waals surface area (Å²) in [5.41, 5.74) is 8.97. The van der Waals surface area contributed by atoms with Gasteiger partial charge in [0.1, 0.15) is 23.1 Å². The number of imidazole rings is 1. The SMILES string of the molecule is Cc1nc2ccc(-c3ccc4c(c3)CC(C)C(Cc3ncnc(Cl)c3Cc3ccccc3)CCO4)cc2[nH]1. The van der Waals surface area contributed by atoms with Crippen molar-refractivity contribution in [2.24, 2.45) is 11.8 Å². The zero-order chi connectivity index (χ0) is 26.1. The van der Waals surface area contributed by atoms with Gasteiger partial charge in [-0.1, -0.05) is 61.0 Å². The maximum Gasteiger partial charge on any atom is 0.136 e. The molecule has 0 bridgehead atoms. The second-order valence-electron chi connectivity index (χ2n) is 10.4. The molecule has 0 radical (unpaired) electrons. The highest BCUT2D eigenvalue weighted by atomic mass is 35.5. The van der Waals surface area contributed by atoms with E-state index in [1.54, 1.807) is 6.33 Å². The summed E-state index contributed by atoms with van der Waals surface area (Å²) in [5, 5.41) is 0.549. The molecule has 0 fully saturated rings. The molecule has 1 N–H and O–H groups in total. The molecule has 1 aliphatic rings. The van der Waals surface area contributed by atoms with Gasteiger partial charge >= 0.3 is 0 Å². The summed E-state index contributed by atoms with van der Waals surface area (Å²) < 4.78 is 6.28. The summed E-state index contributed by atoms with van der Waals surface area (Å²) in [6.07, 6.45) is 5.12. The summed E-state index contributed by atoms with van der Waals surface area (Å²) in [5.74, 6) is 2.81. The first kappa shape index (κ1) is 24.6. The summed E-state index contributed by atoms with van der Waals surface area (Å²) in [4.78, 5) is 16.9. The van der Waals surface area contributed by atoms with Crippen molar-refractivity contribution in [3.05, 3.63) is 106 Å². The molecule has 0 spiro atoms. The van der Waals surface area contributed by atoms with Gasteiger partial charge in [0.05, 0.1) is 17.6 Å². The van der Waals surface area contributed by atoms with Crippen molar-refractivity contribution >= 4 is 22.6 Å². The van der Waals surface area contributed by atoms with E-state index in [-0.39, 0.29) is 0 Å². The van der Waals surface area contributed by atoms with Crippen molar-refractivity contribution < 1.29 is 4.74 Å². The Labute approximate surface area is 228 Å². The number of nitrogens with zero attached hydrogens (tertiary/aromatic N) is 3. The van der Waals surface area contributed by atoms with Crippen LogP contribution in [0.25, 0.3) is 22.2 Å². The lowest BCUT2D eigenvalue weighted by Gasteiger charge is -2.28. The molecule has 3 heterocycles. The number of hydrogen-bond acceptors (Lipinski definition) is 4. The number of H-pyrrole nitrogens is 1. The van der Waals surface area contributed by atoms with E-state index in [1.165, 1.54) is 22.3 Å². The molecular formula is C32H31ClN4O. The van der Waals surface area contributed by atoms with Gasteiger partial charge in [-0.2, -0.15) is 0 Å². The number of ether oxygens (including phenoxy) is 1. The van der Waals surface area contributed by atoms with E-state index in [0.717, 1.165) is 59.5 Å². The first-order chi connectivity index (χ1) is 18.5. The highest BCUT2D eigenvalue weighted by molar-refractivity contribution is 6.30.